The summed E-state index contributed by atoms with van der Waals surface area (Å²) in [5, 5.41) is 5.30. The van der Waals surface area contributed by atoms with Crippen molar-refractivity contribution in [3.63, 3.8) is 0 Å². The molecule has 0 atom stereocenters. The van der Waals surface area contributed by atoms with Crippen LogP contribution in [0.25, 0.3) is 11.0 Å². The molecule has 0 fully saturated rings. The number of anilines is 1. The third kappa shape index (κ3) is 3.39. The Kier molecular flexibility index (Phi) is 4.80. The largest absolute Gasteiger partial charge is 0.490 e. The van der Waals surface area contributed by atoms with E-state index in [0.717, 1.165) is 17.8 Å². The molecule has 1 aliphatic carbocycles. The van der Waals surface area contributed by atoms with E-state index in [2.05, 4.69) is 17.0 Å². The first-order chi connectivity index (χ1) is 12.0. The van der Waals surface area contributed by atoms with Crippen LogP contribution < -0.4 is 11.3 Å². The topological polar surface area (TPSA) is 99.6 Å². The molecule has 2 N–H and O–H groups in total. The SMILES string of the molecule is CCCc1nn2c(N)c(/C=C3\C=CC(=O)C(OCC)=C3)c(=O)nc2s1. The maximum atomic E-state index is 12.4. The van der Waals surface area contributed by atoms with Gasteiger partial charge < -0.3 is 10.5 Å². The van der Waals surface area contributed by atoms with Crippen molar-refractivity contribution >= 4 is 34.0 Å². The van der Waals surface area contributed by atoms with E-state index in [1.807, 2.05) is 0 Å². The molecule has 2 aromatic rings. The Bertz CT molecular complexity index is 982. The summed E-state index contributed by atoms with van der Waals surface area (Å²) < 4.78 is 6.80. The summed E-state index contributed by atoms with van der Waals surface area (Å²) in [6.07, 6.45) is 7.95. The molecule has 2 aromatic heterocycles. The number of aryl methyl sites for hydroxylation is 1. The minimum atomic E-state index is -0.423. The third-order valence-corrected chi connectivity index (χ3v) is 4.54. The average Bonchev–Trinajstić information content (AvgIpc) is 2.97. The fraction of sp³-hybridized carbons (Fsp3) is 0.294. The second-order valence-corrected chi connectivity index (χ2v) is 6.48. The first-order valence-electron chi connectivity index (χ1n) is 8.00. The molecule has 0 bridgehead atoms. The zero-order chi connectivity index (χ0) is 18.0. The van der Waals surface area contributed by atoms with Crippen LogP contribution in [0, 0.1) is 0 Å². The predicted molar refractivity (Wildman–Crippen MR) is 97.4 cm³/mol. The quantitative estimate of drug-likeness (QED) is 0.879. The normalized spacial score (nSPS) is 15.8. The van der Waals surface area contributed by atoms with Crippen molar-refractivity contribution in [1.29, 1.82) is 0 Å². The Hall–Kier alpha value is -2.74. The van der Waals surface area contributed by atoms with Crippen LogP contribution in [0.2, 0.25) is 0 Å². The van der Waals surface area contributed by atoms with Crippen molar-refractivity contribution in [2.45, 2.75) is 26.7 Å². The molecule has 0 spiro atoms. The monoisotopic (exact) mass is 358 g/mol. The second-order valence-electron chi connectivity index (χ2n) is 5.44. The predicted octanol–water partition coefficient (Wildman–Crippen LogP) is 2.13. The van der Waals surface area contributed by atoms with Crippen molar-refractivity contribution in [1.82, 2.24) is 14.6 Å². The van der Waals surface area contributed by atoms with Gasteiger partial charge in [0.15, 0.2) is 5.76 Å². The molecule has 130 valence electrons. The van der Waals surface area contributed by atoms with Gasteiger partial charge in [-0.05, 0) is 37.1 Å². The lowest BCUT2D eigenvalue weighted by atomic mass is 10.0. The summed E-state index contributed by atoms with van der Waals surface area (Å²) in [7, 11) is 0. The van der Waals surface area contributed by atoms with Crippen LogP contribution in [0.5, 0.6) is 0 Å². The van der Waals surface area contributed by atoms with Crippen LogP contribution >= 0.6 is 11.3 Å². The molecule has 7 nitrogen and oxygen atoms in total. The van der Waals surface area contributed by atoms with Gasteiger partial charge in [0, 0.05) is 6.42 Å². The Morgan fingerprint density at radius 2 is 2.12 bits per heavy atom. The number of hydrogen-bond acceptors (Lipinski definition) is 7. The van der Waals surface area contributed by atoms with Gasteiger partial charge >= 0.3 is 0 Å². The maximum Gasteiger partial charge on any atom is 0.283 e. The Morgan fingerprint density at radius 1 is 1.32 bits per heavy atom. The highest BCUT2D eigenvalue weighted by molar-refractivity contribution is 7.16. The van der Waals surface area contributed by atoms with E-state index < -0.39 is 5.56 Å². The molecule has 0 saturated heterocycles. The van der Waals surface area contributed by atoms with Crippen molar-refractivity contribution in [2.24, 2.45) is 0 Å². The van der Waals surface area contributed by atoms with E-state index in [9.17, 15) is 9.59 Å². The highest BCUT2D eigenvalue weighted by Gasteiger charge is 2.16. The molecular weight excluding hydrogens is 340 g/mol. The van der Waals surface area contributed by atoms with E-state index in [4.69, 9.17) is 10.5 Å². The number of ether oxygens (including phenoxy) is 1. The van der Waals surface area contributed by atoms with E-state index in [-0.39, 0.29) is 22.9 Å². The van der Waals surface area contributed by atoms with E-state index in [1.165, 1.54) is 21.9 Å². The van der Waals surface area contributed by atoms with Crippen molar-refractivity contribution in [3.05, 3.63) is 50.5 Å². The molecule has 25 heavy (non-hydrogen) atoms. The van der Waals surface area contributed by atoms with Gasteiger partial charge in [0.25, 0.3) is 5.56 Å². The summed E-state index contributed by atoms with van der Waals surface area (Å²) in [6, 6.07) is 0. The number of aromatic nitrogens is 3. The fourth-order valence-corrected chi connectivity index (χ4v) is 3.41. The van der Waals surface area contributed by atoms with Crippen molar-refractivity contribution in [2.75, 3.05) is 12.3 Å². The molecule has 0 unspecified atom stereocenters. The molecule has 3 rings (SSSR count). The highest BCUT2D eigenvalue weighted by Crippen LogP contribution is 2.21. The smallest absolute Gasteiger partial charge is 0.283 e. The number of rotatable bonds is 5. The molecule has 0 amide bonds. The summed E-state index contributed by atoms with van der Waals surface area (Å²) in [5.41, 5.74) is 6.60. The van der Waals surface area contributed by atoms with Gasteiger partial charge in [-0.3, -0.25) is 9.59 Å². The van der Waals surface area contributed by atoms with Crippen molar-refractivity contribution < 1.29 is 9.53 Å². The summed E-state index contributed by atoms with van der Waals surface area (Å²) >= 11 is 1.36. The Labute approximate surface area is 148 Å². The van der Waals surface area contributed by atoms with Crippen molar-refractivity contribution in [3.8, 4) is 0 Å². The maximum absolute atomic E-state index is 12.4. The number of nitrogens with zero attached hydrogens (tertiary/aromatic N) is 3. The number of fused-ring (bicyclic) bond motifs is 1. The van der Waals surface area contributed by atoms with Crippen LogP contribution in [0.1, 0.15) is 30.8 Å². The van der Waals surface area contributed by atoms with Crippen LogP contribution in [-0.4, -0.2) is 27.0 Å². The lowest BCUT2D eigenvalue weighted by Crippen LogP contribution is -2.17. The first kappa shape index (κ1) is 17.1. The fourth-order valence-electron chi connectivity index (χ4n) is 2.42. The van der Waals surface area contributed by atoms with Crippen LogP contribution in [0.3, 0.4) is 0 Å². The average molecular weight is 358 g/mol. The van der Waals surface area contributed by atoms with Crippen LogP contribution in [-0.2, 0) is 16.0 Å². The van der Waals surface area contributed by atoms with Gasteiger partial charge in [0.1, 0.15) is 10.8 Å². The van der Waals surface area contributed by atoms with Gasteiger partial charge in [0.2, 0.25) is 10.7 Å². The van der Waals surface area contributed by atoms with Gasteiger partial charge in [-0.25, -0.2) is 0 Å². The number of carbonyl (C=O) groups excluding carboxylic acids is 1. The number of carbonyl (C=O) groups is 1. The van der Waals surface area contributed by atoms with Crippen LogP contribution in [0.15, 0.2) is 34.4 Å². The molecule has 2 heterocycles. The molecule has 0 saturated carbocycles. The van der Waals surface area contributed by atoms with Gasteiger partial charge in [0.05, 0.1) is 12.2 Å². The minimum absolute atomic E-state index is 0.207. The van der Waals surface area contributed by atoms with Crippen LogP contribution in [0.4, 0.5) is 5.82 Å². The highest BCUT2D eigenvalue weighted by atomic mass is 32.1. The third-order valence-electron chi connectivity index (χ3n) is 3.58. The zero-order valence-corrected chi connectivity index (χ0v) is 14.8. The van der Waals surface area contributed by atoms with Gasteiger partial charge in [-0.2, -0.15) is 14.6 Å². The second kappa shape index (κ2) is 7.02. The van der Waals surface area contributed by atoms with Gasteiger partial charge in [-0.1, -0.05) is 24.3 Å². The number of nitrogen functional groups attached to an aromatic ring is 1. The van der Waals surface area contributed by atoms with E-state index in [1.54, 1.807) is 25.2 Å². The lowest BCUT2D eigenvalue weighted by Gasteiger charge is -2.10. The summed E-state index contributed by atoms with van der Waals surface area (Å²) in [6.45, 7) is 4.24. The summed E-state index contributed by atoms with van der Waals surface area (Å²) in [5.74, 6) is 0.265. The number of allylic oxidation sites excluding steroid dienone is 4. The first-order valence-corrected chi connectivity index (χ1v) is 8.82. The van der Waals surface area contributed by atoms with E-state index in [0.29, 0.717) is 17.1 Å². The molecule has 0 radical (unpaired) electrons. The van der Waals surface area contributed by atoms with Gasteiger partial charge in [-0.15, -0.1) is 0 Å². The molecule has 0 aliphatic heterocycles. The number of ketones is 1. The number of nitrogens with two attached hydrogens (primary N) is 1. The minimum Gasteiger partial charge on any atom is -0.490 e. The standard InChI is InChI=1S/C17H18N4O3S/c1-3-5-14-20-21-15(18)11(16(23)19-17(21)25-14)8-10-6-7-12(22)13(9-10)24-4-2/h6-9H,3-5,18H2,1-2H3/b10-8+. The molecule has 8 heteroatoms. The molecule has 0 aromatic carbocycles. The lowest BCUT2D eigenvalue weighted by molar-refractivity contribution is -0.114. The van der Waals surface area contributed by atoms with E-state index >= 15 is 0 Å². The molecular formula is C17H18N4O3S. The Balaban J connectivity index is 2.08. The number of hydrogen-bond donors (Lipinski definition) is 1. The Morgan fingerprint density at radius 3 is 2.84 bits per heavy atom. The molecule has 1 aliphatic rings. The summed E-state index contributed by atoms with van der Waals surface area (Å²) in [4.78, 5) is 28.6. The zero-order valence-electron chi connectivity index (χ0n) is 14.0.